The molecule has 0 amide bonds. The Balaban J connectivity index is 1.27. The Morgan fingerprint density at radius 3 is 1.56 bits per heavy atom. The van der Waals surface area contributed by atoms with Crippen molar-refractivity contribution >= 4 is 38.6 Å². The Bertz CT molecular complexity index is 2670. The van der Waals surface area contributed by atoms with E-state index in [-0.39, 0.29) is 0 Å². The van der Waals surface area contributed by atoms with Crippen molar-refractivity contribution in [2.45, 2.75) is 5.41 Å². The topological polar surface area (TPSA) is 3.24 Å². The summed E-state index contributed by atoms with van der Waals surface area (Å²) in [5.41, 5.74) is 13.0. The summed E-state index contributed by atoms with van der Waals surface area (Å²) in [4.78, 5) is 2.47. The molecule has 244 valence electrons. The van der Waals surface area contributed by atoms with E-state index in [2.05, 4.69) is 217 Å². The Morgan fingerprint density at radius 2 is 0.846 bits per heavy atom. The number of anilines is 3. The molecule has 0 aromatic heterocycles. The van der Waals surface area contributed by atoms with Gasteiger partial charge in [0.15, 0.2) is 0 Å². The van der Waals surface area contributed by atoms with Gasteiger partial charge in [-0.3, -0.25) is 0 Å². The van der Waals surface area contributed by atoms with Crippen molar-refractivity contribution in [2.75, 3.05) is 4.90 Å². The molecule has 1 aliphatic carbocycles. The lowest BCUT2D eigenvalue weighted by Gasteiger charge is -2.35. The summed E-state index contributed by atoms with van der Waals surface area (Å²) in [7, 11) is 0. The molecule has 0 saturated carbocycles. The average Bonchev–Trinajstić information content (AvgIpc) is 3.53. The smallest absolute Gasteiger partial charge is 0.0714 e. The normalized spacial score (nSPS) is 12.8. The molecule has 0 saturated heterocycles. The molecule has 0 radical (unpaired) electrons. The van der Waals surface area contributed by atoms with E-state index in [1.807, 2.05) is 0 Å². The lowest BCUT2D eigenvalue weighted by Crippen LogP contribution is -2.28. The fourth-order valence-corrected chi connectivity index (χ4v) is 8.65. The van der Waals surface area contributed by atoms with Gasteiger partial charge in [0.25, 0.3) is 0 Å². The molecule has 0 N–H and O–H groups in total. The summed E-state index contributed by atoms with van der Waals surface area (Å²) in [6, 6.07) is 77.8. The maximum atomic E-state index is 2.47. The first-order chi connectivity index (χ1) is 25.8. The van der Waals surface area contributed by atoms with Gasteiger partial charge in [0.2, 0.25) is 0 Å². The van der Waals surface area contributed by atoms with Crippen LogP contribution in [0.5, 0.6) is 0 Å². The highest BCUT2D eigenvalue weighted by Gasteiger charge is 2.46. The van der Waals surface area contributed by atoms with Crippen molar-refractivity contribution in [3.8, 4) is 22.3 Å². The third-order valence-corrected chi connectivity index (χ3v) is 10.9. The van der Waals surface area contributed by atoms with Crippen molar-refractivity contribution in [1.29, 1.82) is 0 Å². The van der Waals surface area contributed by atoms with Gasteiger partial charge in [0.05, 0.1) is 11.1 Å². The number of hydrogen-bond acceptors (Lipinski definition) is 1. The van der Waals surface area contributed by atoms with Gasteiger partial charge >= 0.3 is 0 Å². The molecule has 0 spiro atoms. The van der Waals surface area contributed by atoms with Gasteiger partial charge in [0.1, 0.15) is 0 Å². The zero-order chi connectivity index (χ0) is 34.5. The molecule has 10 rings (SSSR count). The maximum absolute atomic E-state index is 2.47. The molecular weight excluding hydrogens is 627 g/mol. The van der Waals surface area contributed by atoms with E-state index in [4.69, 9.17) is 0 Å². The highest BCUT2D eigenvalue weighted by molar-refractivity contribution is 6.14. The number of hydrogen-bond donors (Lipinski definition) is 0. The van der Waals surface area contributed by atoms with Crippen LogP contribution in [0.25, 0.3) is 43.8 Å². The van der Waals surface area contributed by atoms with Crippen LogP contribution in [0.1, 0.15) is 22.3 Å². The number of fused-ring (bicyclic) bond motifs is 6. The zero-order valence-corrected chi connectivity index (χ0v) is 28.7. The molecule has 0 aliphatic heterocycles. The fraction of sp³-hybridized carbons (Fsp3) is 0.0196. The molecule has 0 heterocycles. The van der Waals surface area contributed by atoms with Crippen molar-refractivity contribution in [1.82, 2.24) is 0 Å². The minimum absolute atomic E-state index is 0.487. The summed E-state index contributed by atoms with van der Waals surface area (Å²) in [6.07, 6.45) is 0. The molecule has 1 heteroatoms. The molecule has 0 unspecified atom stereocenters. The SMILES string of the molecule is c1ccc(-c2ccc(N(c3ccc4c(c3)C(c3ccccc3)(c3ccccc3)c3ccccc3-4)c3cc4ccccc4c4ccccc34)cc2)cc1. The molecular formula is C51H35N. The van der Waals surface area contributed by atoms with Crippen LogP contribution in [-0.4, -0.2) is 0 Å². The molecule has 1 aliphatic rings. The second kappa shape index (κ2) is 12.3. The second-order valence-electron chi connectivity index (χ2n) is 13.7. The van der Waals surface area contributed by atoms with Crippen LogP contribution in [0.3, 0.4) is 0 Å². The monoisotopic (exact) mass is 661 g/mol. The molecule has 52 heavy (non-hydrogen) atoms. The van der Waals surface area contributed by atoms with Gasteiger partial charge in [-0.2, -0.15) is 0 Å². The second-order valence-corrected chi connectivity index (χ2v) is 13.7. The average molecular weight is 662 g/mol. The first-order valence-corrected chi connectivity index (χ1v) is 18.0. The van der Waals surface area contributed by atoms with E-state index >= 15 is 0 Å². The van der Waals surface area contributed by atoms with Gasteiger partial charge in [-0.25, -0.2) is 0 Å². The van der Waals surface area contributed by atoms with Crippen molar-refractivity contribution in [3.05, 3.63) is 235 Å². The third-order valence-electron chi connectivity index (χ3n) is 10.9. The molecule has 1 nitrogen and oxygen atoms in total. The van der Waals surface area contributed by atoms with Crippen molar-refractivity contribution in [3.63, 3.8) is 0 Å². The van der Waals surface area contributed by atoms with Crippen LogP contribution >= 0.6 is 0 Å². The Hall–Kier alpha value is -6.70. The van der Waals surface area contributed by atoms with E-state index in [9.17, 15) is 0 Å². The Labute approximate surface area is 304 Å². The van der Waals surface area contributed by atoms with Crippen molar-refractivity contribution in [2.24, 2.45) is 0 Å². The van der Waals surface area contributed by atoms with Crippen molar-refractivity contribution < 1.29 is 0 Å². The first-order valence-electron chi connectivity index (χ1n) is 18.0. The summed E-state index contributed by atoms with van der Waals surface area (Å²) in [5, 5.41) is 4.95. The quantitative estimate of drug-likeness (QED) is 0.160. The summed E-state index contributed by atoms with van der Waals surface area (Å²) in [6.45, 7) is 0. The summed E-state index contributed by atoms with van der Waals surface area (Å²) < 4.78 is 0. The van der Waals surface area contributed by atoms with Gasteiger partial charge in [-0.15, -0.1) is 0 Å². The molecule has 9 aromatic carbocycles. The number of rotatable bonds is 6. The fourth-order valence-electron chi connectivity index (χ4n) is 8.65. The number of nitrogens with zero attached hydrogens (tertiary/aromatic N) is 1. The predicted octanol–water partition coefficient (Wildman–Crippen LogP) is 13.5. The summed E-state index contributed by atoms with van der Waals surface area (Å²) in [5.74, 6) is 0. The third kappa shape index (κ3) is 4.63. The Morgan fingerprint density at radius 1 is 0.327 bits per heavy atom. The highest BCUT2D eigenvalue weighted by Crippen LogP contribution is 2.57. The number of benzene rings is 9. The van der Waals surface area contributed by atoms with E-state index in [1.54, 1.807) is 0 Å². The Kier molecular flexibility index (Phi) is 7.11. The molecule has 9 aromatic rings. The van der Waals surface area contributed by atoms with Crippen LogP contribution in [0.2, 0.25) is 0 Å². The maximum Gasteiger partial charge on any atom is 0.0714 e. The molecule has 0 bridgehead atoms. The molecule has 0 fully saturated rings. The van der Waals surface area contributed by atoms with Gasteiger partial charge in [-0.05, 0) is 91.0 Å². The summed E-state index contributed by atoms with van der Waals surface area (Å²) >= 11 is 0. The van der Waals surface area contributed by atoms with E-state index < -0.39 is 5.41 Å². The first kappa shape index (κ1) is 30.2. The minimum atomic E-state index is -0.487. The molecule has 0 atom stereocenters. The zero-order valence-electron chi connectivity index (χ0n) is 28.7. The van der Waals surface area contributed by atoms with Crippen LogP contribution in [0.4, 0.5) is 17.1 Å². The minimum Gasteiger partial charge on any atom is -0.310 e. The lowest BCUT2D eigenvalue weighted by atomic mass is 9.67. The van der Waals surface area contributed by atoms with Gasteiger partial charge < -0.3 is 4.90 Å². The van der Waals surface area contributed by atoms with Crippen LogP contribution in [0.15, 0.2) is 212 Å². The largest absolute Gasteiger partial charge is 0.310 e. The van der Waals surface area contributed by atoms with Crippen LogP contribution in [-0.2, 0) is 5.41 Å². The van der Waals surface area contributed by atoms with Gasteiger partial charge in [-0.1, -0.05) is 182 Å². The van der Waals surface area contributed by atoms with E-state index in [0.717, 1.165) is 17.1 Å². The predicted molar refractivity (Wildman–Crippen MR) is 219 cm³/mol. The highest BCUT2D eigenvalue weighted by atomic mass is 15.1. The van der Waals surface area contributed by atoms with E-state index in [1.165, 1.54) is 66.1 Å². The van der Waals surface area contributed by atoms with Crippen LogP contribution < -0.4 is 4.90 Å². The lowest BCUT2D eigenvalue weighted by molar-refractivity contribution is 0.768. The van der Waals surface area contributed by atoms with Gasteiger partial charge in [0, 0.05) is 16.8 Å². The van der Waals surface area contributed by atoms with Crippen LogP contribution in [0, 0.1) is 0 Å². The van der Waals surface area contributed by atoms with E-state index in [0.29, 0.717) is 0 Å². The standard InChI is InChI=1S/C51H35N/c1-4-16-36(17-5-1)37-28-30-41(31-29-37)52(50-34-38-18-10-11-23-43(38)44-24-12-13-26-47(44)50)42-32-33-46-45-25-14-15-27-48(45)51(49(46)35-42,39-19-6-2-7-20-39)40-21-8-3-9-22-40/h1-35H.